The zero-order valence-corrected chi connectivity index (χ0v) is 8.83. The third kappa shape index (κ3) is 3.21. The molecular formula is C12H15O2. The first-order chi connectivity index (χ1) is 6.38. The van der Waals surface area contributed by atoms with Crippen molar-refractivity contribution in [3.05, 3.63) is 42.3 Å². The van der Waals surface area contributed by atoms with Gasteiger partial charge in [-0.25, -0.2) is 4.79 Å². The van der Waals surface area contributed by atoms with Gasteiger partial charge >= 0.3 is 5.97 Å². The van der Waals surface area contributed by atoms with E-state index in [0.29, 0.717) is 5.56 Å². The predicted octanol–water partition coefficient (Wildman–Crippen LogP) is 2.82. The van der Waals surface area contributed by atoms with Gasteiger partial charge in [-0.1, -0.05) is 12.1 Å². The molecule has 0 fully saturated rings. The van der Waals surface area contributed by atoms with E-state index in [1.165, 1.54) is 0 Å². The molecule has 0 heterocycles. The van der Waals surface area contributed by atoms with Gasteiger partial charge in [0.05, 0.1) is 5.56 Å². The summed E-state index contributed by atoms with van der Waals surface area (Å²) in [6.07, 6.45) is 0. The second-order valence-electron chi connectivity index (χ2n) is 4.20. The van der Waals surface area contributed by atoms with E-state index in [2.05, 4.69) is 6.92 Å². The third-order valence-corrected chi connectivity index (χ3v) is 1.56. The maximum atomic E-state index is 11.6. The van der Waals surface area contributed by atoms with Crippen molar-refractivity contribution in [3.63, 3.8) is 0 Å². The van der Waals surface area contributed by atoms with E-state index in [-0.39, 0.29) is 5.97 Å². The Morgan fingerprint density at radius 1 is 1.36 bits per heavy atom. The van der Waals surface area contributed by atoms with Crippen LogP contribution in [0, 0.1) is 6.92 Å². The minimum absolute atomic E-state index is 0.303. The zero-order valence-electron chi connectivity index (χ0n) is 8.83. The van der Waals surface area contributed by atoms with E-state index in [1.54, 1.807) is 18.2 Å². The molecule has 0 amide bonds. The maximum absolute atomic E-state index is 11.6. The minimum Gasteiger partial charge on any atom is -0.456 e. The fraction of sp³-hybridized carbons (Fsp3) is 0.333. The summed E-state index contributed by atoms with van der Waals surface area (Å²) in [4.78, 5) is 11.6. The lowest BCUT2D eigenvalue weighted by Gasteiger charge is -2.19. The zero-order chi connectivity index (χ0) is 10.8. The molecule has 1 aromatic carbocycles. The van der Waals surface area contributed by atoms with E-state index in [4.69, 9.17) is 4.74 Å². The van der Waals surface area contributed by atoms with Crippen molar-refractivity contribution in [1.82, 2.24) is 0 Å². The number of carbonyl (C=O) groups is 1. The summed E-state index contributed by atoms with van der Waals surface area (Å²) in [7, 11) is 0. The van der Waals surface area contributed by atoms with E-state index < -0.39 is 5.60 Å². The molecule has 1 aromatic rings. The van der Waals surface area contributed by atoms with Gasteiger partial charge in [-0.05, 0) is 45.4 Å². The summed E-state index contributed by atoms with van der Waals surface area (Å²) in [5, 5.41) is 0. The van der Waals surface area contributed by atoms with E-state index in [0.717, 1.165) is 5.56 Å². The van der Waals surface area contributed by atoms with Gasteiger partial charge in [0, 0.05) is 0 Å². The number of ether oxygens (including phenoxy) is 1. The number of benzene rings is 1. The Kier molecular flexibility index (Phi) is 2.94. The van der Waals surface area contributed by atoms with Crippen molar-refractivity contribution in [2.75, 3.05) is 0 Å². The number of esters is 1. The molecule has 0 unspecified atom stereocenters. The van der Waals surface area contributed by atoms with Gasteiger partial charge in [0.15, 0.2) is 0 Å². The molecular weight excluding hydrogens is 176 g/mol. The Morgan fingerprint density at radius 3 is 2.50 bits per heavy atom. The summed E-state index contributed by atoms with van der Waals surface area (Å²) in [5.74, 6) is -0.303. The van der Waals surface area contributed by atoms with Crippen LogP contribution in [0.2, 0.25) is 0 Å². The second kappa shape index (κ2) is 3.82. The summed E-state index contributed by atoms with van der Waals surface area (Å²) >= 11 is 0. The van der Waals surface area contributed by atoms with Crippen molar-refractivity contribution in [2.45, 2.75) is 26.4 Å². The van der Waals surface area contributed by atoms with Gasteiger partial charge < -0.3 is 4.74 Å². The highest BCUT2D eigenvalue weighted by atomic mass is 16.6. The molecule has 0 N–H and O–H groups in total. The SMILES string of the molecule is [CH2]c1cccc(C(=O)OC(C)(C)C)c1. The van der Waals surface area contributed by atoms with Crippen LogP contribution in [0.15, 0.2) is 24.3 Å². The van der Waals surface area contributed by atoms with Gasteiger partial charge in [-0.15, -0.1) is 0 Å². The molecule has 0 saturated carbocycles. The monoisotopic (exact) mass is 191 g/mol. The van der Waals surface area contributed by atoms with Crippen molar-refractivity contribution < 1.29 is 9.53 Å². The molecule has 75 valence electrons. The standard InChI is InChI=1S/C12H15O2/c1-9-6-5-7-10(8-9)11(13)14-12(2,3)4/h5-8H,1H2,2-4H3. The lowest BCUT2D eigenvalue weighted by molar-refractivity contribution is 0.00695. The highest BCUT2D eigenvalue weighted by molar-refractivity contribution is 5.89. The topological polar surface area (TPSA) is 26.3 Å². The van der Waals surface area contributed by atoms with E-state index >= 15 is 0 Å². The van der Waals surface area contributed by atoms with Crippen molar-refractivity contribution in [2.24, 2.45) is 0 Å². The Labute approximate surface area is 84.9 Å². The highest BCUT2D eigenvalue weighted by Gasteiger charge is 2.17. The van der Waals surface area contributed by atoms with Crippen molar-refractivity contribution in [3.8, 4) is 0 Å². The fourth-order valence-corrected chi connectivity index (χ4v) is 1.04. The van der Waals surface area contributed by atoms with Crippen LogP contribution in [-0.2, 0) is 4.74 Å². The van der Waals surface area contributed by atoms with Crippen LogP contribution in [0.4, 0.5) is 0 Å². The van der Waals surface area contributed by atoms with Gasteiger partial charge in [0.1, 0.15) is 5.60 Å². The first-order valence-electron chi connectivity index (χ1n) is 4.54. The van der Waals surface area contributed by atoms with Crippen molar-refractivity contribution in [1.29, 1.82) is 0 Å². The molecule has 2 heteroatoms. The van der Waals surface area contributed by atoms with Crippen molar-refractivity contribution >= 4 is 5.97 Å². The van der Waals surface area contributed by atoms with Crippen LogP contribution in [0.5, 0.6) is 0 Å². The molecule has 0 aliphatic rings. The van der Waals surface area contributed by atoms with Crippen LogP contribution in [0.3, 0.4) is 0 Å². The van der Waals surface area contributed by atoms with Crippen LogP contribution in [0.1, 0.15) is 36.7 Å². The summed E-state index contributed by atoms with van der Waals surface area (Å²) in [6, 6.07) is 7.08. The number of rotatable bonds is 1. The quantitative estimate of drug-likeness (QED) is 0.638. The molecule has 0 saturated heterocycles. The van der Waals surface area contributed by atoms with Crippen LogP contribution < -0.4 is 0 Å². The predicted molar refractivity (Wildman–Crippen MR) is 56.1 cm³/mol. The Hall–Kier alpha value is -1.31. The molecule has 0 atom stereocenters. The average Bonchev–Trinajstić information content (AvgIpc) is 2.01. The molecule has 2 nitrogen and oxygen atoms in total. The molecule has 0 aliphatic carbocycles. The Bertz CT molecular complexity index is 334. The number of hydrogen-bond donors (Lipinski definition) is 0. The molecule has 14 heavy (non-hydrogen) atoms. The Balaban J connectivity index is 2.80. The lowest BCUT2D eigenvalue weighted by atomic mass is 10.1. The molecule has 1 rings (SSSR count). The average molecular weight is 191 g/mol. The van der Waals surface area contributed by atoms with E-state index in [1.807, 2.05) is 26.8 Å². The van der Waals surface area contributed by atoms with Gasteiger partial charge in [-0.3, -0.25) is 0 Å². The van der Waals surface area contributed by atoms with Crippen LogP contribution in [0.25, 0.3) is 0 Å². The molecule has 0 aliphatic heterocycles. The summed E-state index contributed by atoms with van der Waals surface area (Å²) in [6.45, 7) is 9.29. The largest absolute Gasteiger partial charge is 0.456 e. The maximum Gasteiger partial charge on any atom is 0.338 e. The summed E-state index contributed by atoms with van der Waals surface area (Å²) < 4.78 is 5.21. The first kappa shape index (κ1) is 10.8. The second-order valence-corrected chi connectivity index (χ2v) is 4.20. The Morgan fingerprint density at radius 2 is 2.00 bits per heavy atom. The lowest BCUT2D eigenvalue weighted by Crippen LogP contribution is -2.23. The van der Waals surface area contributed by atoms with E-state index in [9.17, 15) is 4.79 Å². The van der Waals surface area contributed by atoms with Gasteiger partial charge in [-0.2, -0.15) is 0 Å². The smallest absolute Gasteiger partial charge is 0.338 e. The number of hydrogen-bond acceptors (Lipinski definition) is 2. The molecule has 0 bridgehead atoms. The summed E-state index contributed by atoms with van der Waals surface area (Å²) in [5.41, 5.74) is 0.912. The molecule has 0 spiro atoms. The third-order valence-electron chi connectivity index (χ3n) is 1.56. The first-order valence-corrected chi connectivity index (χ1v) is 4.54. The van der Waals surface area contributed by atoms with Crippen LogP contribution >= 0.6 is 0 Å². The van der Waals surface area contributed by atoms with Gasteiger partial charge in [0.25, 0.3) is 0 Å². The van der Waals surface area contributed by atoms with Crippen LogP contribution in [-0.4, -0.2) is 11.6 Å². The normalized spacial score (nSPS) is 11.1. The molecule has 1 radical (unpaired) electrons. The fourth-order valence-electron chi connectivity index (χ4n) is 1.04. The van der Waals surface area contributed by atoms with Gasteiger partial charge in [0.2, 0.25) is 0 Å². The highest BCUT2D eigenvalue weighted by Crippen LogP contribution is 2.12. The number of carbonyl (C=O) groups excluding carboxylic acids is 1. The molecule has 0 aromatic heterocycles. The minimum atomic E-state index is -0.450.